The third-order valence-electron chi connectivity index (χ3n) is 8.63. The summed E-state index contributed by atoms with van der Waals surface area (Å²) in [5, 5.41) is 11.6. The fourth-order valence-electron chi connectivity index (χ4n) is 5.39. The van der Waals surface area contributed by atoms with Crippen LogP contribution in [-0.2, 0) is 28.6 Å². The Labute approximate surface area is 340 Å². The molecule has 8 nitrogen and oxygen atoms in total. The van der Waals surface area contributed by atoms with Crippen LogP contribution in [0.2, 0.25) is 0 Å². The molecule has 56 heavy (non-hydrogen) atoms. The molecule has 0 N–H and O–H groups in total. The van der Waals surface area contributed by atoms with Gasteiger partial charge in [0.2, 0.25) is 0 Å². The lowest BCUT2D eigenvalue weighted by atomic mass is 10.1. The molecule has 0 saturated heterocycles. The Morgan fingerprint density at radius 2 is 0.946 bits per heavy atom. The van der Waals surface area contributed by atoms with E-state index in [2.05, 4.69) is 62.5 Å². The van der Waals surface area contributed by atoms with Crippen molar-refractivity contribution in [3.63, 3.8) is 0 Å². The molecular weight excluding hydrogens is 703 g/mol. The molecule has 0 aromatic rings. The van der Waals surface area contributed by atoms with Gasteiger partial charge in [-0.2, -0.15) is 0 Å². The van der Waals surface area contributed by atoms with Crippen LogP contribution in [0, 0.1) is 0 Å². The maximum Gasteiger partial charge on any atom is 0.306 e. The third kappa shape index (κ3) is 35.7. The smallest absolute Gasteiger partial charge is 0.306 e. The standard InChI is InChI=1S/C48H75NO7/c1-6-8-10-12-14-16-18-20-22-23-25-26-28-30-32-34-36-38-46(50)55-43-44(42-54-41-40-45(48(52)53)49(3,4)5)56-47(51)39-37-35-33-31-29-27-24-21-19-17-15-13-11-9-7-2/h8-20,22-23,25-26,28,44-45H,6-7,21,24,27,29-43H2,1-5H3/b10-8+,11-9+,14-12+,15-13+,18-16+,19-17+,22-20+,25-23+,28-26+. The van der Waals surface area contributed by atoms with Gasteiger partial charge in [-0.05, 0) is 51.4 Å². The molecule has 314 valence electrons. The number of ether oxygens (including phenoxy) is 3. The summed E-state index contributed by atoms with van der Waals surface area (Å²) in [6.45, 7) is 4.29. The second kappa shape index (κ2) is 37.9. The molecule has 0 fully saturated rings. The van der Waals surface area contributed by atoms with Crippen LogP contribution in [0.5, 0.6) is 0 Å². The van der Waals surface area contributed by atoms with E-state index in [0.717, 1.165) is 64.2 Å². The number of allylic oxidation sites excluding steroid dienone is 18. The molecule has 8 heteroatoms. The first-order valence-corrected chi connectivity index (χ1v) is 21.0. The topological polar surface area (TPSA) is 102 Å². The van der Waals surface area contributed by atoms with Crippen LogP contribution in [-0.4, -0.2) is 75.5 Å². The van der Waals surface area contributed by atoms with Gasteiger partial charge in [0, 0.05) is 19.3 Å². The van der Waals surface area contributed by atoms with Crippen molar-refractivity contribution in [2.45, 2.75) is 135 Å². The van der Waals surface area contributed by atoms with Gasteiger partial charge >= 0.3 is 11.9 Å². The number of rotatable bonds is 35. The molecule has 2 unspecified atom stereocenters. The summed E-state index contributed by atoms with van der Waals surface area (Å²) >= 11 is 0. The van der Waals surface area contributed by atoms with Gasteiger partial charge in [0.25, 0.3) is 0 Å². The summed E-state index contributed by atoms with van der Waals surface area (Å²) in [6, 6.07) is -0.742. The molecule has 0 aromatic carbocycles. The fraction of sp³-hybridized carbons (Fsp3) is 0.562. The predicted molar refractivity (Wildman–Crippen MR) is 231 cm³/mol. The molecular formula is C48H75NO7. The van der Waals surface area contributed by atoms with E-state index in [0.29, 0.717) is 6.42 Å². The van der Waals surface area contributed by atoms with Gasteiger partial charge in [-0.3, -0.25) is 9.59 Å². The van der Waals surface area contributed by atoms with Crippen LogP contribution in [0.15, 0.2) is 109 Å². The maximum atomic E-state index is 12.7. The molecule has 0 aliphatic rings. The number of hydrogen-bond donors (Lipinski definition) is 0. The largest absolute Gasteiger partial charge is 0.544 e. The Kier molecular flexibility index (Phi) is 35.2. The van der Waals surface area contributed by atoms with Crippen molar-refractivity contribution in [1.82, 2.24) is 0 Å². The van der Waals surface area contributed by atoms with Gasteiger partial charge in [0.1, 0.15) is 12.6 Å². The first-order valence-electron chi connectivity index (χ1n) is 21.0. The van der Waals surface area contributed by atoms with Crippen LogP contribution in [0.4, 0.5) is 0 Å². The maximum absolute atomic E-state index is 12.7. The van der Waals surface area contributed by atoms with Crippen LogP contribution in [0.25, 0.3) is 0 Å². The van der Waals surface area contributed by atoms with Crippen molar-refractivity contribution in [2.75, 3.05) is 41.0 Å². The Morgan fingerprint density at radius 3 is 1.41 bits per heavy atom. The average Bonchev–Trinajstić information content (AvgIpc) is 3.15. The normalized spacial score (nSPS) is 14.1. The number of hydrogen-bond acceptors (Lipinski definition) is 7. The van der Waals surface area contributed by atoms with E-state index in [1.54, 1.807) is 21.1 Å². The number of carboxylic acids is 1. The molecule has 0 amide bonds. The first-order chi connectivity index (χ1) is 27.1. The number of aliphatic carboxylic acids is 1. The molecule has 0 aliphatic carbocycles. The molecule has 0 rings (SSSR count). The zero-order valence-electron chi connectivity index (χ0n) is 35.5. The fourth-order valence-corrected chi connectivity index (χ4v) is 5.39. The van der Waals surface area contributed by atoms with Crippen LogP contribution in [0.1, 0.15) is 123 Å². The summed E-state index contributed by atoms with van der Waals surface area (Å²) in [5.74, 6) is -1.83. The zero-order valence-corrected chi connectivity index (χ0v) is 35.5. The number of quaternary nitrogens is 1. The average molecular weight is 778 g/mol. The van der Waals surface area contributed by atoms with Gasteiger partial charge in [0.15, 0.2) is 6.10 Å². The van der Waals surface area contributed by atoms with Crippen molar-refractivity contribution in [3.8, 4) is 0 Å². The van der Waals surface area contributed by atoms with Gasteiger partial charge in [-0.25, -0.2) is 0 Å². The summed E-state index contributed by atoms with van der Waals surface area (Å²) in [4.78, 5) is 36.8. The Morgan fingerprint density at radius 1 is 0.536 bits per heavy atom. The van der Waals surface area contributed by atoms with Crippen molar-refractivity contribution in [3.05, 3.63) is 109 Å². The van der Waals surface area contributed by atoms with Gasteiger partial charge in [0.05, 0.1) is 40.3 Å². The molecule has 0 saturated carbocycles. The lowest BCUT2D eigenvalue weighted by molar-refractivity contribution is -0.889. The zero-order chi connectivity index (χ0) is 41.4. The van der Waals surface area contributed by atoms with Crippen LogP contribution in [0.3, 0.4) is 0 Å². The number of nitrogens with zero attached hydrogens (tertiary/aromatic N) is 1. The van der Waals surface area contributed by atoms with Crippen LogP contribution >= 0.6 is 0 Å². The molecule has 0 aromatic heterocycles. The van der Waals surface area contributed by atoms with Gasteiger partial charge in [-0.15, -0.1) is 0 Å². The summed E-state index contributed by atoms with van der Waals surface area (Å²) in [6.07, 6.45) is 51.1. The summed E-state index contributed by atoms with van der Waals surface area (Å²) in [7, 11) is 5.37. The molecule has 0 aliphatic heterocycles. The van der Waals surface area contributed by atoms with E-state index in [9.17, 15) is 19.5 Å². The quantitative estimate of drug-likeness (QED) is 0.0273. The highest BCUT2D eigenvalue weighted by Crippen LogP contribution is 2.13. The minimum Gasteiger partial charge on any atom is -0.544 e. The third-order valence-corrected chi connectivity index (χ3v) is 8.63. The second-order valence-electron chi connectivity index (χ2n) is 14.7. The summed E-state index contributed by atoms with van der Waals surface area (Å²) in [5.41, 5.74) is 0. The number of likely N-dealkylation sites (N-methyl/N-ethyl adjacent to an activating group) is 1. The monoisotopic (exact) mass is 778 g/mol. The van der Waals surface area contributed by atoms with Crippen LogP contribution < -0.4 is 5.11 Å². The van der Waals surface area contributed by atoms with E-state index in [4.69, 9.17) is 14.2 Å². The van der Waals surface area contributed by atoms with Crippen molar-refractivity contribution in [1.29, 1.82) is 0 Å². The minimum atomic E-state index is -1.14. The van der Waals surface area contributed by atoms with E-state index in [1.165, 1.54) is 19.3 Å². The molecule has 0 bridgehead atoms. The minimum absolute atomic E-state index is 0.0128. The Bertz CT molecular complexity index is 1280. The predicted octanol–water partition coefficient (Wildman–Crippen LogP) is 9.96. The Balaban J connectivity index is 4.51. The lowest BCUT2D eigenvalue weighted by Gasteiger charge is -2.34. The van der Waals surface area contributed by atoms with Crippen molar-refractivity contribution in [2.24, 2.45) is 0 Å². The number of unbranched alkanes of at least 4 members (excludes halogenated alkanes) is 10. The Hall–Kier alpha value is -4.01. The van der Waals surface area contributed by atoms with Crippen molar-refractivity contribution >= 4 is 17.9 Å². The highest BCUT2D eigenvalue weighted by Gasteiger charge is 2.25. The molecule has 0 spiro atoms. The van der Waals surface area contributed by atoms with Gasteiger partial charge < -0.3 is 28.6 Å². The van der Waals surface area contributed by atoms with E-state index in [1.807, 2.05) is 60.8 Å². The van der Waals surface area contributed by atoms with Gasteiger partial charge in [-0.1, -0.05) is 162 Å². The number of carbonyl (C=O) groups excluding carboxylic acids is 3. The van der Waals surface area contributed by atoms with E-state index in [-0.39, 0.29) is 55.5 Å². The molecule has 0 radical (unpaired) electrons. The first kappa shape index (κ1) is 52.0. The number of carbonyl (C=O) groups is 3. The van der Waals surface area contributed by atoms with E-state index >= 15 is 0 Å². The molecule has 2 atom stereocenters. The number of carboxylic acid groups (broad SMARTS) is 1. The SMILES string of the molecule is CC/C=C/C=C/C=C/C=C/C=C/C=C/CCCCCC(=O)OCC(COCCC(C(=O)[O-])[N+](C)(C)C)OC(=O)CCCCCCCCC/C=C/C=C/C=C/CC. The van der Waals surface area contributed by atoms with E-state index < -0.39 is 18.1 Å². The summed E-state index contributed by atoms with van der Waals surface area (Å²) < 4.78 is 17.1. The highest BCUT2D eigenvalue weighted by molar-refractivity contribution is 5.70. The molecule has 0 heterocycles. The lowest BCUT2D eigenvalue weighted by Crippen LogP contribution is -2.55. The second-order valence-corrected chi connectivity index (χ2v) is 14.7. The van der Waals surface area contributed by atoms with Crippen molar-refractivity contribution < 1.29 is 38.2 Å². The number of esters is 2. The highest BCUT2D eigenvalue weighted by atomic mass is 16.6.